The maximum absolute atomic E-state index is 12.9. The van der Waals surface area contributed by atoms with Crippen LogP contribution in [-0.4, -0.2) is 20.8 Å². The lowest BCUT2D eigenvalue weighted by atomic mass is 10.0. The second kappa shape index (κ2) is 8.27. The molecule has 0 atom stereocenters. The number of rotatable bonds is 7. The molecule has 0 fully saturated rings. The highest BCUT2D eigenvalue weighted by Gasteiger charge is 2.19. The van der Waals surface area contributed by atoms with Crippen LogP contribution in [0.5, 0.6) is 5.75 Å². The van der Waals surface area contributed by atoms with Gasteiger partial charge in [-0.15, -0.1) is 0 Å². The Balaban J connectivity index is 1.90. The largest absolute Gasteiger partial charge is 0.494 e. The zero-order valence-corrected chi connectivity index (χ0v) is 16.5. The van der Waals surface area contributed by atoms with Crippen LogP contribution in [0.3, 0.4) is 0 Å². The number of nitrogens with one attached hydrogen (secondary N) is 1. The SMILES string of the molecule is CCOc1ccc(C(=O)c2ccccc2NS(=O)(=O)c2ccc(C)cc2)cc1. The van der Waals surface area contributed by atoms with Gasteiger partial charge in [0.2, 0.25) is 0 Å². The summed E-state index contributed by atoms with van der Waals surface area (Å²) < 4.78 is 33.3. The molecule has 0 saturated carbocycles. The number of carbonyl (C=O) groups is 1. The van der Waals surface area contributed by atoms with Crippen molar-refractivity contribution < 1.29 is 17.9 Å². The molecule has 0 radical (unpaired) electrons. The first-order valence-electron chi connectivity index (χ1n) is 8.87. The van der Waals surface area contributed by atoms with Crippen molar-refractivity contribution in [3.8, 4) is 5.75 Å². The van der Waals surface area contributed by atoms with E-state index in [0.29, 0.717) is 17.9 Å². The number of para-hydroxylation sites is 1. The van der Waals surface area contributed by atoms with Crippen LogP contribution in [0.25, 0.3) is 0 Å². The van der Waals surface area contributed by atoms with Crippen LogP contribution in [-0.2, 0) is 10.0 Å². The molecule has 28 heavy (non-hydrogen) atoms. The minimum Gasteiger partial charge on any atom is -0.494 e. The van der Waals surface area contributed by atoms with E-state index in [1.807, 2.05) is 13.8 Å². The Morgan fingerprint density at radius 1 is 0.929 bits per heavy atom. The first-order chi connectivity index (χ1) is 13.4. The minimum absolute atomic E-state index is 0.140. The fourth-order valence-electron chi connectivity index (χ4n) is 2.72. The number of carbonyl (C=O) groups excluding carboxylic acids is 1. The molecule has 1 N–H and O–H groups in total. The Kier molecular flexibility index (Phi) is 5.80. The second-order valence-electron chi connectivity index (χ2n) is 6.25. The van der Waals surface area contributed by atoms with Gasteiger partial charge >= 0.3 is 0 Å². The molecule has 0 bridgehead atoms. The average Bonchev–Trinajstić information content (AvgIpc) is 2.69. The Morgan fingerprint density at radius 2 is 1.57 bits per heavy atom. The predicted octanol–water partition coefficient (Wildman–Crippen LogP) is 4.43. The fourth-order valence-corrected chi connectivity index (χ4v) is 3.80. The summed E-state index contributed by atoms with van der Waals surface area (Å²) in [6.45, 7) is 4.31. The van der Waals surface area contributed by atoms with Crippen molar-refractivity contribution in [3.63, 3.8) is 0 Å². The van der Waals surface area contributed by atoms with Crippen LogP contribution >= 0.6 is 0 Å². The summed E-state index contributed by atoms with van der Waals surface area (Å²) >= 11 is 0. The molecular formula is C22H21NO4S. The van der Waals surface area contributed by atoms with Crippen molar-refractivity contribution in [2.75, 3.05) is 11.3 Å². The molecule has 144 valence electrons. The van der Waals surface area contributed by atoms with E-state index in [1.165, 1.54) is 12.1 Å². The van der Waals surface area contributed by atoms with E-state index in [2.05, 4.69) is 4.72 Å². The van der Waals surface area contributed by atoms with Crippen molar-refractivity contribution in [2.24, 2.45) is 0 Å². The lowest BCUT2D eigenvalue weighted by molar-refractivity contribution is 0.103. The molecule has 0 unspecified atom stereocenters. The number of sulfonamides is 1. The van der Waals surface area contributed by atoms with Gasteiger partial charge in [0.05, 0.1) is 17.2 Å². The van der Waals surface area contributed by atoms with E-state index in [1.54, 1.807) is 60.7 Å². The molecule has 5 nitrogen and oxygen atoms in total. The fraction of sp³-hybridized carbons (Fsp3) is 0.136. The van der Waals surface area contributed by atoms with Crippen LogP contribution in [0.4, 0.5) is 5.69 Å². The Hall–Kier alpha value is -3.12. The summed E-state index contributed by atoms with van der Waals surface area (Å²) in [6.07, 6.45) is 0. The van der Waals surface area contributed by atoms with E-state index in [-0.39, 0.29) is 21.9 Å². The molecule has 3 aromatic rings. The van der Waals surface area contributed by atoms with Gasteiger partial charge in [-0.2, -0.15) is 0 Å². The van der Waals surface area contributed by atoms with E-state index in [0.717, 1.165) is 5.56 Å². The summed E-state index contributed by atoms with van der Waals surface area (Å²) in [5.74, 6) is 0.401. The lowest BCUT2D eigenvalue weighted by Gasteiger charge is -2.12. The van der Waals surface area contributed by atoms with Crippen LogP contribution in [0, 0.1) is 6.92 Å². The van der Waals surface area contributed by atoms with Crippen molar-refractivity contribution in [1.29, 1.82) is 0 Å². The van der Waals surface area contributed by atoms with Crippen LogP contribution in [0.2, 0.25) is 0 Å². The monoisotopic (exact) mass is 395 g/mol. The summed E-state index contributed by atoms with van der Waals surface area (Å²) in [6, 6.07) is 19.9. The number of ether oxygens (including phenoxy) is 1. The van der Waals surface area contributed by atoms with Gasteiger partial charge in [0.15, 0.2) is 5.78 Å². The highest BCUT2D eigenvalue weighted by molar-refractivity contribution is 7.92. The highest BCUT2D eigenvalue weighted by atomic mass is 32.2. The average molecular weight is 395 g/mol. The summed E-state index contributed by atoms with van der Waals surface area (Å²) in [5.41, 5.74) is 1.93. The van der Waals surface area contributed by atoms with Crippen molar-refractivity contribution in [1.82, 2.24) is 0 Å². The molecule has 3 rings (SSSR count). The lowest BCUT2D eigenvalue weighted by Crippen LogP contribution is -2.16. The third-order valence-corrected chi connectivity index (χ3v) is 5.56. The van der Waals surface area contributed by atoms with Gasteiger partial charge in [0, 0.05) is 11.1 Å². The second-order valence-corrected chi connectivity index (χ2v) is 7.93. The van der Waals surface area contributed by atoms with Gasteiger partial charge < -0.3 is 4.74 Å². The van der Waals surface area contributed by atoms with E-state index >= 15 is 0 Å². The molecule has 6 heteroatoms. The molecule has 0 saturated heterocycles. The summed E-state index contributed by atoms with van der Waals surface area (Å²) in [7, 11) is -3.80. The van der Waals surface area contributed by atoms with Crippen molar-refractivity contribution >= 4 is 21.5 Å². The predicted molar refractivity (Wildman–Crippen MR) is 109 cm³/mol. The maximum Gasteiger partial charge on any atom is 0.261 e. The van der Waals surface area contributed by atoms with Gasteiger partial charge in [0.1, 0.15) is 5.75 Å². The quantitative estimate of drug-likeness (QED) is 0.601. The zero-order valence-electron chi connectivity index (χ0n) is 15.7. The smallest absolute Gasteiger partial charge is 0.261 e. The van der Waals surface area contributed by atoms with Crippen molar-refractivity contribution in [3.05, 3.63) is 89.5 Å². The van der Waals surface area contributed by atoms with E-state index in [4.69, 9.17) is 4.74 Å². The van der Waals surface area contributed by atoms with Crippen molar-refractivity contribution in [2.45, 2.75) is 18.7 Å². The van der Waals surface area contributed by atoms with Gasteiger partial charge in [-0.05, 0) is 62.4 Å². The van der Waals surface area contributed by atoms with E-state index < -0.39 is 10.0 Å². The van der Waals surface area contributed by atoms with Gasteiger partial charge in [-0.1, -0.05) is 29.8 Å². The summed E-state index contributed by atoms with van der Waals surface area (Å²) in [5, 5.41) is 0. The van der Waals surface area contributed by atoms with Gasteiger partial charge in [-0.3, -0.25) is 9.52 Å². The zero-order chi connectivity index (χ0) is 20.1. The maximum atomic E-state index is 12.9. The van der Waals surface area contributed by atoms with Gasteiger partial charge in [-0.25, -0.2) is 8.42 Å². The van der Waals surface area contributed by atoms with Gasteiger partial charge in [0.25, 0.3) is 10.0 Å². The molecule has 0 aliphatic rings. The molecule has 0 aliphatic heterocycles. The Labute approximate surface area is 165 Å². The molecule has 0 aliphatic carbocycles. The topological polar surface area (TPSA) is 72.5 Å². The third kappa shape index (κ3) is 4.40. The van der Waals surface area contributed by atoms with Crippen LogP contribution in [0.15, 0.2) is 77.7 Å². The standard InChI is InChI=1S/C22H21NO4S/c1-3-27-18-12-10-17(11-13-18)22(24)20-6-4-5-7-21(20)23-28(25,26)19-14-8-16(2)9-15-19/h4-15,23H,3H2,1-2H3. The first-order valence-corrected chi connectivity index (χ1v) is 10.3. The van der Waals surface area contributed by atoms with Crippen LogP contribution < -0.4 is 9.46 Å². The first kappa shape index (κ1) is 19.6. The molecule has 0 amide bonds. The van der Waals surface area contributed by atoms with E-state index in [9.17, 15) is 13.2 Å². The molecule has 0 aromatic heterocycles. The molecule has 3 aromatic carbocycles. The Morgan fingerprint density at radius 3 is 2.21 bits per heavy atom. The normalized spacial score (nSPS) is 11.1. The Bertz CT molecular complexity index is 1070. The number of aryl methyl sites for hydroxylation is 1. The van der Waals surface area contributed by atoms with Crippen LogP contribution in [0.1, 0.15) is 28.4 Å². The number of hydrogen-bond acceptors (Lipinski definition) is 4. The molecule has 0 spiro atoms. The highest BCUT2D eigenvalue weighted by Crippen LogP contribution is 2.24. The number of anilines is 1. The number of hydrogen-bond donors (Lipinski definition) is 1. The minimum atomic E-state index is -3.80. The summed E-state index contributed by atoms with van der Waals surface area (Å²) in [4.78, 5) is 13.1. The number of benzene rings is 3. The third-order valence-electron chi connectivity index (χ3n) is 4.17. The molecular weight excluding hydrogens is 374 g/mol. The number of ketones is 1. The molecule has 0 heterocycles.